The molecular formula is C12H22N2O3. The first kappa shape index (κ1) is 14.0. The Morgan fingerprint density at radius 3 is 2.82 bits per heavy atom. The van der Waals surface area contributed by atoms with Crippen LogP contribution in [0.4, 0.5) is 0 Å². The Morgan fingerprint density at radius 2 is 2.29 bits per heavy atom. The van der Waals surface area contributed by atoms with E-state index in [9.17, 15) is 9.59 Å². The quantitative estimate of drug-likeness (QED) is 0.615. The van der Waals surface area contributed by atoms with Crippen molar-refractivity contribution in [1.82, 2.24) is 10.6 Å². The summed E-state index contributed by atoms with van der Waals surface area (Å²) in [7, 11) is 0. The van der Waals surface area contributed by atoms with Gasteiger partial charge in [0.25, 0.3) is 0 Å². The van der Waals surface area contributed by atoms with Crippen LogP contribution in [0.15, 0.2) is 0 Å². The Labute approximate surface area is 102 Å². The minimum atomic E-state index is -0.855. The molecule has 1 fully saturated rings. The Balaban J connectivity index is 2.31. The highest BCUT2D eigenvalue weighted by atomic mass is 16.4. The Morgan fingerprint density at radius 1 is 1.53 bits per heavy atom. The van der Waals surface area contributed by atoms with Crippen molar-refractivity contribution in [2.45, 2.75) is 45.1 Å². The van der Waals surface area contributed by atoms with E-state index in [1.165, 1.54) is 0 Å². The molecule has 98 valence electrons. The molecule has 2 unspecified atom stereocenters. The smallest absolute Gasteiger partial charge is 0.305 e. The van der Waals surface area contributed by atoms with Gasteiger partial charge in [-0.05, 0) is 31.8 Å². The van der Waals surface area contributed by atoms with E-state index in [0.29, 0.717) is 12.3 Å². The first-order chi connectivity index (χ1) is 8.11. The number of rotatable bonds is 7. The largest absolute Gasteiger partial charge is 0.481 e. The normalized spacial score (nSPS) is 21.1. The van der Waals surface area contributed by atoms with E-state index in [2.05, 4.69) is 10.6 Å². The number of nitrogens with one attached hydrogen (secondary N) is 2. The van der Waals surface area contributed by atoms with E-state index >= 15 is 0 Å². The van der Waals surface area contributed by atoms with Gasteiger partial charge in [-0.3, -0.25) is 9.59 Å². The first-order valence-corrected chi connectivity index (χ1v) is 6.33. The van der Waals surface area contributed by atoms with Gasteiger partial charge in [0, 0.05) is 12.5 Å². The van der Waals surface area contributed by atoms with Crippen LogP contribution in [-0.2, 0) is 9.59 Å². The van der Waals surface area contributed by atoms with Crippen molar-refractivity contribution in [2.24, 2.45) is 5.92 Å². The molecule has 1 heterocycles. The minimum absolute atomic E-state index is 0.0154. The van der Waals surface area contributed by atoms with Crippen LogP contribution in [0.5, 0.6) is 0 Å². The minimum Gasteiger partial charge on any atom is -0.481 e. The Bertz CT molecular complexity index is 262. The van der Waals surface area contributed by atoms with Gasteiger partial charge < -0.3 is 15.7 Å². The zero-order valence-corrected chi connectivity index (χ0v) is 10.4. The molecule has 1 saturated heterocycles. The van der Waals surface area contributed by atoms with Crippen molar-refractivity contribution in [2.75, 3.05) is 13.1 Å². The Hall–Kier alpha value is -1.10. The molecule has 3 N–H and O–H groups in total. The molecule has 5 heteroatoms. The van der Waals surface area contributed by atoms with Gasteiger partial charge in [-0.25, -0.2) is 0 Å². The van der Waals surface area contributed by atoms with Crippen LogP contribution in [0.1, 0.15) is 39.0 Å². The summed E-state index contributed by atoms with van der Waals surface area (Å²) in [5.74, 6) is -0.466. The van der Waals surface area contributed by atoms with Gasteiger partial charge in [0.05, 0.1) is 6.42 Å². The first-order valence-electron chi connectivity index (χ1n) is 6.33. The molecule has 17 heavy (non-hydrogen) atoms. The summed E-state index contributed by atoms with van der Waals surface area (Å²) in [5, 5.41) is 14.8. The monoisotopic (exact) mass is 242 g/mol. The highest BCUT2D eigenvalue weighted by Gasteiger charge is 2.20. The van der Waals surface area contributed by atoms with Gasteiger partial charge >= 0.3 is 5.97 Å². The van der Waals surface area contributed by atoms with Crippen molar-refractivity contribution < 1.29 is 14.7 Å². The predicted octanol–water partition coefficient (Wildman–Crippen LogP) is 0.746. The number of aliphatic carboxylic acids is 1. The van der Waals surface area contributed by atoms with Crippen LogP contribution < -0.4 is 10.6 Å². The van der Waals surface area contributed by atoms with E-state index in [0.717, 1.165) is 32.4 Å². The summed E-state index contributed by atoms with van der Waals surface area (Å²) in [4.78, 5) is 22.4. The lowest BCUT2D eigenvalue weighted by Crippen LogP contribution is -2.37. The molecule has 0 aromatic heterocycles. The second kappa shape index (κ2) is 7.27. The van der Waals surface area contributed by atoms with Crippen LogP contribution in [0.3, 0.4) is 0 Å². The number of carbonyl (C=O) groups excluding carboxylic acids is 1. The summed E-state index contributed by atoms with van der Waals surface area (Å²) >= 11 is 0. The molecule has 1 aliphatic heterocycles. The third-order valence-corrected chi connectivity index (χ3v) is 3.06. The van der Waals surface area contributed by atoms with Crippen LogP contribution in [-0.4, -0.2) is 36.1 Å². The average Bonchev–Trinajstić information content (AvgIpc) is 2.69. The van der Waals surface area contributed by atoms with Gasteiger partial charge in [-0.1, -0.05) is 13.3 Å². The second-order valence-corrected chi connectivity index (χ2v) is 4.71. The topological polar surface area (TPSA) is 78.4 Å². The van der Waals surface area contributed by atoms with E-state index in [-0.39, 0.29) is 18.4 Å². The van der Waals surface area contributed by atoms with Crippen molar-refractivity contribution in [3.8, 4) is 0 Å². The maximum absolute atomic E-state index is 11.7. The molecule has 1 amide bonds. The van der Waals surface area contributed by atoms with Crippen molar-refractivity contribution in [3.05, 3.63) is 0 Å². The van der Waals surface area contributed by atoms with Crippen LogP contribution >= 0.6 is 0 Å². The fraction of sp³-hybridized carbons (Fsp3) is 0.833. The number of hydrogen-bond acceptors (Lipinski definition) is 3. The summed E-state index contributed by atoms with van der Waals surface area (Å²) in [5.41, 5.74) is 0. The van der Waals surface area contributed by atoms with E-state index in [1.807, 2.05) is 6.92 Å². The number of amides is 1. The summed E-state index contributed by atoms with van der Waals surface area (Å²) in [6, 6.07) is -0.223. The molecule has 0 saturated carbocycles. The third kappa shape index (κ3) is 5.68. The zero-order valence-electron chi connectivity index (χ0n) is 10.4. The molecule has 1 rings (SSSR count). The number of hydrogen-bond donors (Lipinski definition) is 3. The van der Waals surface area contributed by atoms with Crippen molar-refractivity contribution in [1.29, 1.82) is 0 Å². The fourth-order valence-electron chi connectivity index (χ4n) is 2.22. The average molecular weight is 242 g/mol. The van der Waals surface area contributed by atoms with Crippen LogP contribution in [0.25, 0.3) is 0 Å². The molecule has 0 aromatic rings. The van der Waals surface area contributed by atoms with Crippen LogP contribution in [0.2, 0.25) is 0 Å². The Kier molecular flexibility index (Phi) is 5.97. The van der Waals surface area contributed by atoms with Gasteiger partial charge in [-0.15, -0.1) is 0 Å². The number of carbonyl (C=O) groups is 2. The maximum atomic E-state index is 11.7. The molecular weight excluding hydrogens is 220 g/mol. The molecule has 0 aromatic carbocycles. The van der Waals surface area contributed by atoms with Gasteiger partial charge in [0.1, 0.15) is 0 Å². The van der Waals surface area contributed by atoms with Gasteiger partial charge in [0.2, 0.25) is 5.91 Å². The molecule has 1 aliphatic rings. The van der Waals surface area contributed by atoms with E-state index < -0.39 is 5.97 Å². The van der Waals surface area contributed by atoms with Crippen molar-refractivity contribution >= 4 is 11.9 Å². The lowest BCUT2D eigenvalue weighted by atomic mass is 10.0. The fourth-order valence-corrected chi connectivity index (χ4v) is 2.22. The summed E-state index contributed by atoms with van der Waals surface area (Å²) < 4.78 is 0. The van der Waals surface area contributed by atoms with E-state index in [4.69, 9.17) is 5.11 Å². The van der Waals surface area contributed by atoms with Crippen molar-refractivity contribution in [3.63, 3.8) is 0 Å². The third-order valence-electron chi connectivity index (χ3n) is 3.06. The molecule has 5 nitrogen and oxygen atoms in total. The SMILES string of the molecule is CCCC(CC(=O)O)NC(=O)CC1CCNC1. The molecule has 0 radical (unpaired) electrons. The molecule has 0 spiro atoms. The van der Waals surface area contributed by atoms with Gasteiger partial charge in [-0.2, -0.15) is 0 Å². The summed E-state index contributed by atoms with van der Waals surface area (Å²) in [6.45, 7) is 3.86. The summed E-state index contributed by atoms with van der Waals surface area (Å²) in [6.07, 6.45) is 3.16. The number of carboxylic acids is 1. The second-order valence-electron chi connectivity index (χ2n) is 4.71. The van der Waals surface area contributed by atoms with Crippen LogP contribution in [0, 0.1) is 5.92 Å². The molecule has 0 aliphatic carbocycles. The maximum Gasteiger partial charge on any atom is 0.305 e. The molecule has 0 bridgehead atoms. The molecule has 2 atom stereocenters. The predicted molar refractivity (Wildman–Crippen MR) is 64.7 cm³/mol. The lowest BCUT2D eigenvalue weighted by Gasteiger charge is -2.17. The zero-order chi connectivity index (χ0) is 12.7. The lowest BCUT2D eigenvalue weighted by molar-refractivity contribution is -0.137. The number of carboxylic acid groups (broad SMARTS) is 1. The highest BCUT2D eigenvalue weighted by Crippen LogP contribution is 2.12. The van der Waals surface area contributed by atoms with E-state index in [1.54, 1.807) is 0 Å². The van der Waals surface area contributed by atoms with Gasteiger partial charge in [0.15, 0.2) is 0 Å². The highest BCUT2D eigenvalue weighted by molar-refractivity contribution is 5.77. The standard InChI is InChI=1S/C12H22N2O3/c1-2-3-10(7-12(16)17)14-11(15)6-9-4-5-13-8-9/h9-10,13H,2-8H2,1H3,(H,14,15)(H,16,17).